The third-order valence-electron chi connectivity index (χ3n) is 3.51. The van der Waals surface area contributed by atoms with E-state index in [1.165, 1.54) is 0 Å². The Morgan fingerprint density at radius 1 is 1.59 bits per heavy atom. The van der Waals surface area contributed by atoms with Gasteiger partial charge in [-0.15, -0.1) is 0 Å². The van der Waals surface area contributed by atoms with Gasteiger partial charge in [-0.3, -0.25) is 0 Å². The van der Waals surface area contributed by atoms with Crippen molar-refractivity contribution >= 4 is 17.3 Å². The van der Waals surface area contributed by atoms with Crippen LogP contribution >= 0.6 is 11.6 Å². The van der Waals surface area contributed by atoms with E-state index in [-0.39, 0.29) is 5.54 Å². The molecule has 0 aliphatic carbocycles. The molecule has 0 amide bonds. The number of rotatable bonds is 4. The maximum Gasteiger partial charge on any atom is 0.0518 e. The van der Waals surface area contributed by atoms with Crippen molar-refractivity contribution in [2.45, 2.75) is 18.9 Å². The van der Waals surface area contributed by atoms with E-state index in [4.69, 9.17) is 22.1 Å². The molecular formula is C13H19ClN2O. The SMILES string of the molecule is CC(CN)(Nc1cccc(Cl)c1)C1CCOC1. The number of hydrogen-bond acceptors (Lipinski definition) is 3. The Morgan fingerprint density at radius 3 is 3.00 bits per heavy atom. The van der Waals surface area contributed by atoms with Crippen LogP contribution in [0.4, 0.5) is 5.69 Å². The molecule has 94 valence electrons. The molecule has 3 N–H and O–H groups in total. The largest absolute Gasteiger partial charge is 0.381 e. The molecule has 4 heteroatoms. The smallest absolute Gasteiger partial charge is 0.0518 e. The number of anilines is 1. The average Bonchev–Trinajstić information content (AvgIpc) is 2.83. The first-order chi connectivity index (χ1) is 8.14. The fourth-order valence-corrected chi connectivity index (χ4v) is 2.44. The van der Waals surface area contributed by atoms with Crippen LogP contribution < -0.4 is 11.1 Å². The standard InChI is InChI=1S/C13H19ClN2O/c1-13(9-15,10-5-6-17-8-10)16-12-4-2-3-11(14)7-12/h2-4,7,10,16H,5-6,8-9,15H2,1H3. The fourth-order valence-electron chi connectivity index (χ4n) is 2.25. The van der Waals surface area contributed by atoms with E-state index in [0.29, 0.717) is 12.5 Å². The molecule has 0 aromatic heterocycles. The van der Waals surface area contributed by atoms with Crippen LogP contribution in [0.2, 0.25) is 5.02 Å². The third kappa shape index (κ3) is 2.92. The zero-order valence-electron chi connectivity index (χ0n) is 10.1. The van der Waals surface area contributed by atoms with Gasteiger partial charge >= 0.3 is 0 Å². The summed E-state index contributed by atoms with van der Waals surface area (Å²) in [7, 11) is 0. The Balaban J connectivity index is 2.13. The minimum absolute atomic E-state index is 0.138. The van der Waals surface area contributed by atoms with Gasteiger partial charge in [-0.1, -0.05) is 17.7 Å². The van der Waals surface area contributed by atoms with Gasteiger partial charge < -0.3 is 15.8 Å². The normalized spacial score (nSPS) is 23.4. The van der Waals surface area contributed by atoms with Crippen LogP contribution in [-0.4, -0.2) is 25.3 Å². The summed E-state index contributed by atoms with van der Waals surface area (Å²) in [4.78, 5) is 0. The molecule has 1 aromatic rings. The molecule has 2 unspecified atom stereocenters. The van der Waals surface area contributed by atoms with E-state index in [0.717, 1.165) is 30.3 Å². The lowest BCUT2D eigenvalue weighted by atomic mass is 9.84. The summed E-state index contributed by atoms with van der Waals surface area (Å²) in [6.45, 7) is 4.33. The van der Waals surface area contributed by atoms with E-state index >= 15 is 0 Å². The van der Waals surface area contributed by atoms with Crippen molar-refractivity contribution in [3.8, 4) is 0 Å². The van der Waals surface area contributed by atoms with Gasteiger partial charge in [-0.25, -0.2) is 0 Å². The zero-order valence-corrected chi connectivity index (χ0v) is 10.8. The second kappa shape index (κ2) is 5.25. The maximum absolute atomic E-state index is 5.98. The van der Waals surface area contributed by atoms with Crippen LogP contribution in [0, 0.1) is 5.92 Å². The van der Waals surface area contributed by atoms with E-state index in [2.05, 4.69) is 12.2 Å². The molecule has 1 aliphatic heterocycles. The molecule has 1 heterocycles. The molecule has 1 aliphatic rings. The molecule has 3 nitrogen and oxygen atoms in total. The van der Waals surface area contributed by atoms with Gasteiger partial charge in [-0.2, -0.15) is 0 Å². The van der Waals surface area contributed by atoms with E-state index in [1.54, 1.807) is 0 Å². The molecule has 17 heavy (non-hydrogen) atoms. The quantitative estimate of drug-likeness (QED) is 0.868. The Bertz CT molecular complexity index is 379. The summed E-state index contributed by atoms with van der Waals surface area (Å²) in [5.74, 6) is 0.450. The summed E-state index contributed by atoms with van der Waals surface area (Å²) < 4.78 is 5.44. The van der Waals surface area contributed by atoms with Gasteiger partial charge in [0.2, 0.25) is 0 Å². The summed E-state index contributed by atoms with van der Waals surface area (Å²) in [6.07, 6.45) is 1.06. The molecular weight excluding hydrogens is 236 g/mol. The van der Waals surface area contributed by atoms with Crippen molar-refractivity contribution in [2.24, 2.45) is 11.7 Å². The lowest BCUT2D eigenvalue weighted by Gasteiger charge is -2.35. The summed E-state index contributed by atoms with van der Waals surface area (Å²) >= 11 is 5.98. The molecule has 0 spiro atoms. The Labute approximate surface area is 107 Å². The number of ether oxygens (including phenoxy) is 1. The van der Waals surface area contributed by atoms with Crippen LogP contribution in [0.1, 0.15) is 13.3 Å². The second-order valence-electron chi connectivity index (χ2n) is 4.82. The minimum Gasteiger partial charge on any atom is -0.381 e. The highest BCUT2D eigenvalue weighted by Crippen LogP contribution is 2.29. The van der Waals surface area contributed by atoms with E-state index in [1.807, 2.05) is 24.3 Å². The Hall–Kier alpha value is -0.770. The zero-order chi connectivity index (χ0) is 12.3. The van der Waals surface area contributed by atoms with Crippen molar-refractivity contribution in [3.63, 3.8) is 0 Å². The minimum atomic E-state index is -0.138. The van der Waals surface area contributed by atoms with Crippen LogP contribution in [0.15, 0.2) is 24.3 Å². The fraction of sp³-hybridized carbons (Fsp3) is 0.538. The van der Waals surface area contributed by atoms with Gasteiger partial charge in [0.15, 0.2) is 0 Å². The second-order valence-corrected chi connectivity index (χ2v) is 5.25. The third-order valence-corrected chi connectivity index (χ3v) is 3.74. The highest BCUT2D eigenvalue weighted by molar-refractivity contribution is 6.30. The molecule has 0 radical (unpaired) electrons. The summed E-state index contributed by atoms with van der Waals surface area (Å²) in [6, 6.07) is 7.73. The molecule has 1 saturated heterocycles. The van der Waals surface area contributed by atoms with Crippen molar-refractivity contribution in [3.05, 3.63) is 29.3 Å². The molecule has 2 rings (SSSR count). The molecule has 1 aromatic carbocycles. The van der Waals surface area contributed by atoms with Crippen LogP contribution in [0.5, 0.6) is 0 Å². The van der Waals surface area contributed by atoms with Crippen molar-refractivity contribution < 1.29 is 4.74 Å². The van der Waals surface area contributed by atoms with Gasteiger partial charge in [0, 0.05) is 29.8 Å². The predicted octanol–water partition coefficient (Wildman–Crippen LogP) is 2.51. The van der Waals surface area contributed by atoms with Crippen LogP contribution in [0.3, 0.4) is 0 Å². The van der Waals surface area contributed by atoms with Crippen molar-refractivity contribution in [1.82, 2.24) is 0 Å². The van der Waals surface area contributed by atoms with E-state index < -0.39 is 0 Å². The Morgan fingerprint density at radius 2 is 2.41 bits per heavy atom. The van der Waals surface area contributed by atoms with Crippen molar-refractivity contribution in [1.29, 1.82) is 0 Å². The van der Waals surface area contributed by atoms with Gasteiger partial charge in [0.25, 0.3) is 0 Å². The van der Waals surface area contributed by atoms with Gasteiger partial charge in [0.1, 0.15) is 0 Å². The first-order valence-corrected chi connectivity index (χ1v) is 6.33. The first-order valence-electron chi connectivity index (χ1n) is 5.95. The predicted molar refractivity (Wildman–Crippen MR) is 71.5 cm³/mol. The highest BCUT2D eigenvalue weighted by atomic mass is 35.5. The van der Waals surface area contributed by atoms with Crippen molar-refractivity contribution in [2.75, 3.05) is 25.1 Å². The maximum atomic E-state index is 5.98. The lowest BCUT2D eigenvalue weighted by molar-refractivity contribution is 0.172. The summed E-state index contributed by atoms with van der Waals surface area (Å²) in [5.41, 5.74) is 6.80. The van der Waals surface area contributed by atoms with Gasteiger partial charge in [0.05, 0.1) is 12.1 Å². The monoisotopic (exact) mass is 254 g/mol. The number of halogens is 1. The molecule has 0 saturated carbocycles. The first kappa shape index (κ1) is 12.7. The topological polar surface area (TPSA) is 47.3 Å². The molecule has 1 fully saturated rings. The van der Waals surface area contributed by atoms with Gasteiger partial charge in [-0.05, 0) is 31.5 Å². The number of benzene rings is 1. The van der Waals surface area contributed by atoms with Crippen LogP contribution in [0.25, 0.3) is 0 Å². The summed E-state index contributed by atoms with van der Waals surface area (Å²) in [5, 5.41) is 4.23. The number of hydrogen-bond donors (Lipinski definition) is 2. The van der Waals surface area contributed by atoms with Crippen LogP contribution in [-0.2, 0) is 4.74 Å². The Kier molecular flexibility index (Phi) is 3.92. The molecule has 0 bridgehead atoms. The van der Waals surface area contributed by atoms with E-state index in [9.17, 15) is 0 Å². The highest BCUT2D eigenvalue weighted by Gasteiger charge is 2.35. The average molecular weight is 255 g/mol. The number of nitrogens with two attached hydrogens (primary N) is 1. The number of nitrogens with one attached hydrogen (secondary N) is 1. The lowest BCUT2D eigenvalue weighted by Crippen LogP contribution is -2.49. The molecule has 2 atom stereocenters.